The van der Waals surface area contributed by atoms with Gasteiger partial charge in [-0.1, -0.05) is 26.0 Å². The smallest absolute Gasteiger partial charge is 0.171 e. The Bertz CT molecular complexity index is 675. The van der Waals surface area contributed by atoms with Gasteiger partial charge >= 0.3 is 0 Å². The standard InChI is InChI=1S/C19H28N4S/c1-6-13(3)16-8-10-17(11-9-16)22-19(24)21-14(4)18-12-20-23(7-2)15(18)5/h8-14H,6-7H2,1-5H3,(H2,21,22,24). The van der Waals surface area contributed by atoms with E-state index in [1.54, 1.807) is 0 Å². The van der Waals surface area contributed by atoms with Crippen molar-refractivity contribution in [3.05, 3.63) is 47.3 Å². The predicted molar refractivity (Wildman–Crippen MR) is 106 cm³/mol. The van der Waals surface area contributed by atoms with Crippen LogP contribution in [0.2, 0.25) is 0 Å². The van der Waals surface area contributed by atoms with Crippen LogP contribution >= 0.6 is 12.2 Å². The van der Waals surface area contributed by atoms with E-state index in [1.165, 1.54) is 16.8 Å². The average Bonchev–Trinajstić information content (AvgIpc) is 2.95. The van der Waals surface area contributed by atoms with Crippen molar-refractivity contribution >= 4 is 23.0 Å². The van der Waals surface area contributed by atoms with E-state index in [2.05, 4.69) is 74.6 Å². The second kappa shape index (κ2) is 8.29. The molecule has 4 nitrogen and oxygen atoms in total. The summed E-state index contributed by atoms with van der Waals surface area (Å²) in [5, 5.41) is 11.6. The summed E-state index contributed by atoms with van der Waals surface area (Å²) in [6, 6.07) is 8.61. The maximum absolute atomic E-state index is 5.45. The topological polar surface area (TPSA) is 41.9 Å². The number of benzene rings is 1. The van der Waals surface area contributed by atoms with Gasteiger partial charge in [-0.05, 0) is 63.0 Å². The molecule has 0 saturated heterocycles. The molecule has 0 radical (unpaired) electrons. The first-order valence-electron chi connectivity index (χ1n) is 8.66. The molecule has 0 amide bonds. The maximum atomic E-state index is 5.45. The second-order valence-corrected chi connectivity index (χ2v) is 6.66. The Labute approximate surface area is 150 Å². The van der Waals surface area contributed by atoms with Gasteiger partial charge in [-0.15, -0.1) is 0 Å². The average molecular weight is 345 g/mol. The Morgan fingerprint density at radius 2 is 1.88 bits per heavy atom. The van der Waals surface area contributed by atoms with Crippen molar-refractivity contribution < 1.29 is 0 Å². The zero-order valence-corrected chi connectivity index (χ0v) is 16.1. The SMILES string of the molecule is CCC(C)c1ccc(NC(=S)NC(C)c2cnn(CC)c2C)cc1. The molecule has 0 aliphatic rings. The summed E-state index contributed by atoms with van der Waals surface area (Å²) >= 11 is 5.45. The number of aryl methyl sites for hydroxylation is 1. The van der Waals surface area contributed by atoms with Gasteiger partial charge < -0.3 is 10.6 Å². The first kappa shape index (κ1) is 18.5. The van der Waals surface area contributed by atoms with Gasteiger partial charge in [0.05, 0.1) is 12.2 Å². The predicted octanol–water partition coefficient (Wildman–Crippen LogP) is 4.77. The molecule has 24 heavy (non-hydrogen) atoms. The lowest BCUT2D eigenvalue weighted by Crippen LogP contribution is -2.31. The highest BCUT2D eigenvalue weighted by Gasteiger charge is 2.13. The summed E-state index contributed by atoms with van der Waals surface area (Å²) in [6.07, 6.45) is 3.06. The molecular formula is C19H28N4S. The van der Waals surface area contributed by atoms with Crippen LogP contribution in [0.25, 0.3) is 0 Å². The molecule has 130 valence electrons. The van der Waals surface area contributed by atoms with Crippen LogP contribution in [0.1, 0.15) is 62.9 Å². The fourth-order valence-corrected chi connectivity index (χ4v) is 3.07. The first-order valence-corrected chi connectivity index (χ1v) is 9.06. The van der Waals surface area contributed by atoms with Crippen LogP contribution < -0.4 is 10.6 Å². The van der Waals surface area contributed by atoms with E-state index in [9.17, 15) is 0 Å². The van der Waals surface area contributed by atoms with Crippen LogP contribution in [-0.4, -0.2) is 14.9 Å². The van der Waals surface area contributed by atoms with Gasteiger partial charge in [0.1, 0.15) is 0 Å². The summed E-state index contributed by atoms with van der Waals surface area (Å²) in [4.78, 5) is 0. The third-order valence-electron chi connectivity index (χ3n) is 4.60. The monoisotopic (exact) mass is 344 g/mol. The molecule has 2 N–H and O–H groups in total. The number of nitrogens with one attached hydrogen (secondary N) is 2. The fourth-order valence-electron chi connectivity index (χ4n) is 2.78. The van der Waals surface area contributed by atoms with Crippen LogP contribution in [0.4, 0.5) is 5.69 Å². The Morgan fingerprint density at radius 3 is 2.42 bits per heavy atom. The zero-order chi connectivity index (χ0) is 17.7. The maximum Gasteiger partial charge on any atom is 0.171 e. The number of rotatable bonds is 6. The molecule has 0 bridgehead atoms. The van der Waals surface area contributed by atoms with E-state index in [4.69, 9.17) is 12.2 Å². The van der Waals surface area contributed by atoms with Crippen LogP contribution in [-0.2, 0) is 6.54 Å². The Balaban J connectivity index is 1.96. The van der Waals surface area contributed by atoms with E-state index in [1.807, 2.05) is 10.9 Å². The number of hydrogen-bond acceptors (Lipinski definition) is 2. The molecule has 0 aliphatic carbocycles. The van der Waals surface area contributed by atoms with Gasteiger partial charge in [0, 0.05) is 23.5 Å². The molecule has 2 rings (SSSR count). The van der Waals surface area contributed by atoms with Gasteiger partial charge in [-0.25, -0.2) is 0 Å². The minimum absolute atomic E-state index is 0.115. The summed E-state index contributed by atoms with van der Waals surface area (Å²) in [5.41, 5.74) is 4.72. The lowest BCUT2D eigenvalue weighted by Gasteiger charge is -2.17. The molecule has 1 aromatic carbocycles. The summed E-state index contributed by atoms with van der Waals surface area (Å²) in [5.74, 6) is 0.585. The molecule has 0 aliphatic heterocycles. The minimum Gasteiger partial charge on any atom is -0.356 e. The van der Waals surface area contributed by atoms with E-state index >= 15 is 0 Å². The molecular weight excluding hydrogens is 316 g/mol. The Morgan fingerprint density at radius 1 is 1.21 bits per heavy atom. The van der Waals surface area contributed by atoms with Crippen LogP contribution in [0.3, 0.4) is 0 Å². The van der Waals surface area contributed by atoms with Crippen LogP contribution in [0.15, 0.2) is 30.5 Å². The molecule has 2 unspecified atom stereocenters. The third-order valence-corrected chi connectivity index (χ3v) is 4.82. The van der Waals surface area contributed by atoms with Crippen molar-refractivity contribution in [2.45, 2.75) is 59.5 Å². The molecule has 0 spiro atoms. The van der Waals surface area contributed by atoms with Gasteiger partial charge in [-0.2, -0.15) is 5.10 Å². The van der Waals surface area contributed by atoms with Crippen molar-refractivity contribution in [2.24, 2.45) is 0 Å². The van der Waals surface area contributed by atoms with E-state index < -0.39 is 0 Å². The summed E-state index contributed by atoms with van der Waals surface area (Å²) in [7, 11) is 0. The summed E-state index contributed by atoms with van der Waals surface area (Å²) < 4.78 is 2.00. The molecule has 5 heteroatoms. The molecule has 0 fully saturated rings. The first-order chi connectivity index (χ1) is 11.5. The quantitative estimate of drug-likeness (QED) is 0.741. The minimum atomic E-state index is 0.115. The van der Waals surface area contributed by atoms with E-state index in [0.29, 0.717) is 11.0 Å². The summed E-state index contributed by atoms with van der Waals surface area (Å²) in [6.45, 7) is 11.6. The normalized spacial score (nSPS) is 13.4. The number of aromatic nitrogens is 2. The van der Waals surface area contributed by atoms with Crippen molar-refractivity contribution in [2.75, 3.05) is 5.32 Å². The Kier molecular flexibility index (Phi) is 6.37. The number of thiocarbonyl (C=S) groups is 1. The highest BCUT2D eigenvalue weighted by molar-refractivity contribution is 7.80. The number of nitrogens with zero attached hydrogens (tertiary/aromatic N) is 2. The van der Waals surface area contributed by atoms with Gasteiger partial charge in [0.25, 0.3) is 0 Å². The van der Waals surface area contributed by atoms with Gasteiger partial charge in [0.15, 0.2) is 5.11 Å². The third kappa shape index (κ3) is 4.35. The van der Waals surface area contributed by atoms with Crippen molar-refractivity contribution in [3.63, 3.8) is 0 Å². The highest BCUT2D eigenvalue weighted by Crippen LogP contribution is 2.21. The molecule has 1 heterocycles. The van der Waals surface area contributed by atoms with Crippen LogP contribution in [0, 0.1) is 6.92 Å². The van der Waals surface area contributed by atoms with Gasteiger partial charge in [0.2, 0.25) is 0 Å². The van der Waals surface area contributed by atoms with Crippen LogP contribution in [0.5, 0.6) is 0 Å². The number of anilines is 1. The largest absolute Gasteiger partial charge is 0.356 e. The molecule has 1 aromatic heterocycles. The molecule has 0 saturated carbocycles. The highest BCUT2D eigenvalue weighted by atomic mass is 32.1. The van der Waals surface area contributed by atoms with E-state index in [0.717, 1.165) is 18.7 Å². The van der Waals surface area contributed by atoms with Crippen molar-refractivity contribution in [1.29, 1.82) is 0 Å². The van der Waals surface area contributed by atoms with Crippen molar-refractivity contribution in [3.8, 4) is 0 Å². The molecule has 2 atom stereocenters. The van der Waals surface area contributed by atoms with E-state index in [-0.39, 0.29) is 6.04 Å². The van der Waals surface area contributed by atoms with Crippen molar-refractivity contribution in [1.82, 2.24) is 15.1 Å². The Hall–Kier alpha value is -1.88. The lowest BCUT2D eigenvalue weighted by molar-refractivity contribution is 0.633. The fraction of sp³-hybridized carbons (Fsp3) is 0.474. The van der Waals surface area contributed by atoms with Gasteiger partial charge in [-0.3, -0.25) is 4.68 Å². The lowest BCUT2D eigenvalue weighted by atomic mass is 9.99. The number of hydrogen-bond donors (Lipinski definition) is 2. The zero-order valence-electron chi connectivity index (χ0n) is 15.3. The second-order valence-electron chi connectivity index (χ2n) is 6.25. The molecule has 2 aromatic rings.